The van der Waals surface area contributed by atoms with Crippen LogP contribution in [0.1, 0.15) is 11.5 Å². The molecule has 0 spiro atoms. The Kier molecular flexibility index (Phi) is 5.59. The monoisotopic (exact) mass is 433 g/mol. The van der Waals surface area contributed by atoms with Crippen molar-refractivity contribution in [1.82, 2.24) is 15.0 Å². The molecule has 3 aromatic rings. The molecule has 0 N–H and O–H groups in total. The lowest BCUT2D eigenvalue weighted by Crippen LogP contribution is -2.46. The SMILES string of the molecule is O=[N+]([O-])c1ccccc1N1CCN(Cc2nc(-c3ccc(C(F)(F)F)cc3)no2)CC1. The number of nitro groups is 1. The first-order valence-corrected chi connectivity index (χ1v) is 9.52. The molecule has 2 aromatic carbocycles. The van der Waals surface area contributed by atoms with Crippen molar-refractivity contribution in [2.24, 2.45) is 0 Å². The molecule has 1 saturated heterocycles. The Bertz CT molecular complexity index is 1060. The predicted octanol–water partition coefficient (Wildman–Crippen LogP) is 3.99. The van der Waals surface area contributed by atoms with Crippen LogP contribution in [0.3, 0.4) is 0 Å². The molecular formula is C20H18F3N5O3. The number of hydrogen-bond acceptors (Lipinski definition) is 7. The minimum absolute atomic E-state index is 0.0778. The molecule has 0 bridgehead atoms. The van der Waals surface area contributed by atoms with Crippen LogP contribution < -0.4 is 4.90 Å². The molecule has 0 aliphatic carbocycles. The van der Waals surface area contributed by atoms with Crippen molar-refractivity contribution >= 4 is 11.4 Å². The lowest BCUT2D eigenvalue weighted by atomic mass is 10.1. The summed E-state index contributed by atoms with van der Waals surface area (Å²) in [4.78, 5) is 19.2. The minimum Gasteiger partial charge on any atom is -0.363 e. The van der Waals surface area contributed by atoms with Gasteiger partial charge < -0.3 is 9.42 Å². The van der Waals surface area contributed by atoms with Gasteiger partial charge in [-0.1, -0.05) is 29.4 Å². The van der Waals surface area contributed by atoms with Crippen molar-refractivity contribution < 1.29 is 22.6 Å². The maximum atomic E-state index is 12.7. The summed E-state index contributed by atoms with van der Waals surface area (Å²) in [7, 11) is 0. The molecule has 162 valence electrons. The number of rotatable bonds is 5. The smallest absolute Gasteiger partial charge is 0.363 e. The molecule has 0 amide bonds. The summed E-state index contributed by atoms with van der Waals surface area (Å²) in [6.45, 7) is 2.88. The summed E-state index contributed by atoms with van der Waals surface area (Å²) in [5.41, 5.74) is 0.365. The van der Waals surface area contributed by atoms with E-state index in [9.17, 15) is 23.3 Å². The van der Waals surface area contributed by atoms with Gasteiger partial charge in [-0.2, -0.15) is 18.2 Å². The highest BCUT2D eigenvalue weighted by molar-refractivity contribution is 5.63. The molecule has 1 aliphatic rings. The summed E-state index contributed by atoms with van der Waals surface area (Å²) in [6, 6.07) is 11.2. The maximum absolute atomic E-state index is 12.7. The van der Waals surface area contributed by atoms with Gasteiger partial charge in [-0.15, -0.1) is 0 Å². The standard InChI is InChI=1S/C20H18F3N5O3/c21-20(22,23)15-7-5-14(6-8-15)19-24-18(31-25-19)13-26-9-11-27(12-10-26)16-3-1-2-4-17(16)28(29)30/h1-8H,9-13H2. The zero-order valence-corrected chi connectivity index (χ0v) is 16.2. The van der Waals surface area contributed by atoms with Gasteiger partial charge >= 0.3 is 6.18 Å². The average Bonchev–Trinajstić information content (AvgIpc) is 3.22. The fraction of sp³-hybridized carbons (Fsp3) is 0.300. The van der Waals surface area contributed by atoms with Crippen LogP contribution in [0.5, 0.6) is 0 Å². The van der Waals surface area contributed by atoms with E-state index in [-0.39, 0.29) is 16.4 Å². The fourth-order valence-electron chi connectivity index (χ4n) is 3.47. The Hall–Kier alpha value is -3.47. The molecule has 31 heavy (non-hydrogen) atoms. The summed E-state index contributed by atoms with van der Waals surface area (Å²) in [5.74, 6) is 0.580. The number of para-hydroxylation sites is 2. The number of halogens is 3. The Balaban J connectivity index is 1.37. The van der Waals surface area contributed by atoms with E-state index in [1.54, 1.807) is 18.2 Å². The molecule has 1 fully saturated rings. The third-order valence-corrected chi connectivity index (χ3v) is 5.09. The molecule has 11 heteroatoms. The zero-order valence-electron chi connectivity index (χ0n) is 16.2. The molecular weight excluding hydrogens is 415 g/mol. The van der Waals surface area contributed by atoms with Crippen LogP contribution in [0.15, 0.2) is 53.1 Å². The highest BCUT2D eigenvalue weighted by Crippen LogP contribution is 2.31. The molecule has 0 radical (unpaired) electrons. The van der Waals surface area contributed by atoms with Crippen LogP contribution >= 0.6 is 0 Å². The molecule has 2 heterocycles. The normalized spacial score (nSPS) is 15.3. The van der Waals surface area contributed by atoms with Gasteiger partial charge in [0.05, 0.1) is 17.0 Å². The second-order valence-electron chi connectivity index (χ2n) is 7.10. The van der Waals surface area contributed by atoms with Crippen molar-refractivity contribution in [2.75, 3.05) is 31.1 Å². The maximum Gasteiger partial charge on any atom is 0.416 e. The molecule has 0 atom stereocenters. The highest BCUT2D eigenvalue weighted by Gasteiger charge is 2.30. The molecule has 1 aromatic heterocycles. The first-order valence-electron chi connectivity index (χ1n) is 9.52. The first-order chi connectivity index (χ1) is 14.8. The van der Waals surface area contributed by atoms with E-state index in [4.69, 9.17) is 4.52 Å². The predicted molar refractivity (Wildman–Crippen MR) is 105 cm³/mol. The van der Waals surface area contributed by atoms with Crippen molar-refractivity contribution in [1.29, 1.82) is 0 Å². The molecule has 1 aliphatic heterocycles. The number of hydrogen-bond donors (Lipinski definition) is 0. The van der Waals surface area contributed by atoms with Crippen LogP contribution in [0.4, 0.5) is 24.5 Å². The van der Waals surface area contributed by atoms with E-state index in [0.717, 1.165) is 12.1 Å². The van der Waals surface area contributed by atoms with Crippen LogP contribution in [0.25, 0.3) is 11.4 Å². The number of alkyl halides is 3. The number of aromatic nitrogens is 2. The summed E-state index contributed by atoms with van der Waals surface area (Å²) >= 11 is 0. The molecule has 4 rings (SSSR count). The Labute approximate surface area is 175 Å². The van der Waals surface area contributed by atoms with Gasteiger partial charge in [0, 0.05) is 37.8 Å². The van der Waals surface area contributed by atoms with E-state index in [1.165, 1.54) is 18.2 Å². The lowest BCUT2D eigenvalue weighted by Gasteiger charge is -2.35. The second kappa shape index (κ2) is 8.34. The highest BCUT2D eigenvalue weighted by atomic mass is 19.4. The number of nitro benzene ring substituents is 1. The molecule has 0 saturated carbocycles. The van der Waals surface area contributed by atoms with Gasteiger partial charge in [-0.3, -0.25) is 15.0 Å². The van der Waals surface area contributed by atoms with Crippen molar-refractivity contribution in [3.8, 4) is 11.4 Å². The average molecular weight is 433 g/mol. The number of nitrogens with zero attached hydrogens (tertiary/aromatic N) is 5. The van der Waals surface area contributed by atoms with E-state index in [0.29, 0.717) is 49.9 Å². The van der Waals surface area contributed by atoms with Crippen LogP contribution in [0.2, 0.25) is 0 Å². The quantitative estimate of drug-likeness (QED) is 0.444. The van der Waals surface area contributed by atoms with Gasteiger partial charge in [0.25, 0.3) is 5.69 Å². The molecule has 0 unspecified atom stereocenters. The van der Waals surface area contributed by atoms with Crippen molar-refractivity contribution in [3.05, 3.63) is 70.1 Å². The van der Waals surface area contributed by atoms with Crippen molar-refractivity contribution in [3.63, 3.8) is 0 Å². The number of anilines is 1. The first kappa shape index (κ1) is 20.8. The van der Waals surface area contributed by atoms with E-state index >= 15 is 0 Å². The van der Waals surface area contributed by atoms with E-state index in [2.05, 4.69) is 15.0 Å². The number of piperazine rings is 1. The van der Waals surface area contributed by atoms with Crippen LogP contribution in [-0.2, 0) is 12.7 Å². The van der Waals surface area contributed by atoms with Crippen molar-refractivity contribution in [2.45, 2.75) is 12.7 Å². The van der Waals surface area contributed by atoms with Crippen LogP contribution in [0, 0.1) is 10.1 Å². The molecule has 8 nitrogen and oxygen atoms in total. The van der Waals surface area contributed by atoms with Gasteiger partial charge in [-0.05, 0) is 18.2 Å². The summed E-state index contributed by atoms with van der Waals surface area (Å²) < 4.78 is 43.3. The van der Waals surface area contributed by atoms with Gasteiger partial charge in [-0.25, -0.2) is 0 Å². The Morgan fingerprint density at radius 3 is 2.35 bits per heavy atom. The number of benzene rings is 2. The Morgan fingerprint density at radius 2 is 1.71 bits per heavy atom. The fourth-order valence-corrected chi connectivity index (χ4v) is 3.47. The van der Waals surface area contributed by atoms with Gasteiger partial charge in [0.2, 0.25) is 11.7 Å². The minimum atomic E-state index is -4.40. The van der Waals surface area contributed by atoms with Gasteiger partial charge in [0.1, 0.15) is 5.69 Å². The van der Waals surface area contributed by atoms with Gasteiger partial charge in [0.15, 0.2) is 0 Å². The second-order valence-corrected chi connectivity index (χ2v) is 7.10. The summed E-state index contributed by atoms with van der Waals surface area (Å²) in [5, 5.41) is 15.1. The van der Waals surface area contributed by atoms with Crippen LogP contribution in [-0.4, -0.2) is 46.1 Å². The summed E-state index contributed by atoms with van der Waals surface area (Å²) in [6.07, 6.45) is -4.40. The van der Waals surface area contributed by atoms with E-state index in [1.807, 2.05) is 4.90 Å². The topological polar surface area (TPSA) is 88.5 Å². The largest absolute Gasteiger partial charge is 0.416 e. The third kappa shape index (κ3) is 4.66. The zero-order chi connectivity index (χ0) is 22.0. The van der Waals surface area contributed by atoms with E-state index < -0.39 is 11.7 Å². The Morgan fingerprint density at radius 1 is 1.03 bits per heavy atom. The third-order valence-electron chi connectivity index (χ3n) is 5.09. The lowest BCUT2D eigenvalue weighted by molar-refractivity contribution is -0.384.